The summed E-state index contributed by atoms with van der Waals surface area (Å²) in [4.78, 5) is 19.3. The molecule has 0 saturated carbocycles. The molecule has 0 bridgehead atoms. The van der Waals surface area contributed by atoms with Crippen molar-refractivity contribution in [1.29, 1.82) is 0 Å². The van der Waals surface area contributed by atoms with Crippen molar-refractivity contribution in [3.8, 4) is 0 Å². The number of nitrogens with zero attached hydrogens (tertiary/aromatic N) is 3. The summed E-state index contributed by atoms with van der Waals surface area (Å²) in [5.41, 5.74) is 1.86. The van der Waals surface area contributed by atoms with Gasteiger partial charge in [0.2, 0.25) is 5.91 Å². The Hall–Kier alpha value is -2.11. The maximum Gasteiger partial charge on any atom is 0.225 e. The van der Waals surface area contributed by atoms with Gasteiger partial charge in [-0.25, -0.2) is 4.99 Å². The fourth-order valence-electron chi connectivity index (χ4n) is 3.39. The van der Waals surface area contributed by atoms with E-state index in [9.17, 15) is 4.79 Å². The number of aromatic nitrogens is 1. The highest BCUT2D eigenvalue weighted by atomic mass is 127. The first-order chi connectivity index (χ1) is 15.2. The minimum absolute atomic E-state index is 0. The molecule has 1 aliphatic rings. The topological polar surface area (TPSA) is 82.9 Å². The van der Waals surface area contributed by atoms with Crippen LogP contribution in [0.15, 0.2) is 53.8 Å². The van der Waals surface area contributed by atoms with Crippen LogP contribution < -0.4 is 16.0 Å². The van der Waals surface area contributed by atoms with Crippen molar-refractivity contribution in [3.63, 3.8) is 0 Å². The van der Waals surface area contributed by atoms with Gasteiger partial charge in [-0.3, -0.25) is 9.69 Å². The molecule has 0 aliphatic carbocycles. The summed E-state index contributed by atoms with van der Waals surface area (Å²) < 4.78 is 7.47. The molecule has 3 N–H and O–H groups in total. The highest BCUT2D eigenvalue weighted by molar-refractivity contribution is 14.0. The molecule has 2 heterocycles. The normalized spacial score (nSPS) is 14.5. The quantitative estimate of drug-likeness (QED) is 0.239. The highest BCUT2D eigenvalue weighted by Gasteiger charge is 2.12. The fourth-order valence-corrected chi connectivity index (χ4v) is 3.39. The number of aliphatic imine (C=N–C) groups is 1. The number of hydrogen-bond acceptors (Lipinski definition) is 4. The van der Waals surface area contributed by atoms with Crippen LogP contribution in [0.2, 0.25) is 0 Å². The Morgan fingerprint density at radius 1 is 1.09 bits per heavy atom. The van der Waals surface area contributed by atoms with Crippen LogP contribution >= 0.6 is 24.0 Å². The molecule has 1 fully saturated rings. The number of hydrogen-bond donors (Lipinski definition) is 3. The predicted molar refractivity (Wildman–Crippen MR) is 140 cm³/mol. The first-order valence-electron chi connectivity index (χ1n) is 11.0. The third kappa shape index (κ3) is 9.58. The third-order valence-electron chi connectivity index (χ3n) is 5.06. The maximum atomic E-state index is 12.3. The number of carbonyl (C=O) groups is 1. The lowest BCUT2D eigenvalue weighted by atomic mass is 10.2. The number of rotatable bonds is 10. The van der Waals surface area contributed by atoms with Gasteiger partial charge < -0.3 is 25.3 Å². The number of halogens is 1. The lowest BCUT2D eigenvalue weighted by Crippen LogP contribution is -2.38. The summed E-state index contributed by atoms with van der Waals surface area (Å²) in [5.74, 6) is 0.821. The Morgan fingerprint density at radius 3 is 2.62 bits per heavy atom. The monoisotopic (exact) mass is 554 g/mol. The maximum absolute atomic E-state index is 12.3. The lowest BCUT2D eigenvalue weighted by Gasteiger charge is -2.26. The average molecular weight is 554 g/mol. The van der Waals surface area contributed by atoms with E-state index in [1.54, 1.807) is 0 Å². The van der Waals surface area contributed by atoms with Gasteiger partial charge in [0.05, 0.1) is 19.8 Å². The van der Waals surface area contributed by atoms with E-state index in [1.165, 1.54) is 0 Å². The van der Waals surface area contributed by atoms with Gasteiger partial charge in [0.15, 0.2) is 5.96 Å². The van der Waals surface area contributed by atoms with Gasteiger partial charge in [0.1, 0.15) is 0 Å². The second kappa shape index (κ2) is 14.9. The van der Waals surface area contributed by atoms with Crippen molar-refractivity contribution >= 4 is 41.5 Å². The zero-order valence-electron chi connectivity index (χ0n) is 18.8. The number of ether oxygens (including phenoxy) is 1. The van der Waals surface area contributed by atoms with E-state index in [1.807, 2.05) is 48.8 Å². The minimum Gasteiger partial charge on any atom is -0.379 e. The van der Waals surface area contributed by atoms with Crippen molar-refractivity contribution in [2.24, 2.45) is 4.99 Å². The van der Waals surface area contributed by atoms with Crippen molar-refractivity contribution in [2.75, 3.05) is 51.3 Å². The van der Waals surface area contributed by atoms with E-state index >= 15 is 0 Å². The first-order valence-corrected chi connectivity index (χ1v) is 11.0. The van der Waals surface area contributed by atoms with E-state index in [0.717, 1.165) is 69.7 Å². The number of anilines is 1. The molecule has 176 valence electrons. The molecular weight excluding hydrogens is 519 g/mol. The van der Waals surface area contributed by atoms with Crippen molar-refractivity contribution in [1.82, 2.24) is 20.1 Å². The Bertz CT molecular complexity index is 822. The van der Waals surface area contributed by atoms with Crippen LogP contribution in [0.25, 0.3) is 0 Å². The van der Waals surface area contributed by atoms with E-state index in [2.05, 4.69) is 37.3 Å². The Kier molecular flexibility index (Phi) is 12.1. The molecule has 2 aromatic rings. The summed E-state index contributed by atoms with van der Waals surface area (Å²) in [6, 6.07) is 11.9. The molecular formula is C23H35IN6O2. The van der Waals surface area contributed by atoms with Crippen molar-refractivity contribution < 1.29 is 9.53 Å². The highest BCUT2D eigenvalue weighted by Crippen LogP contribution is 2.12. The fraction of sp³-hybridized carbons (Fsp3) is 0.478. The van der Waals surface area contributed by atoms with Crippen LogP contribution in [0.5, 0.6) is 0 Å². The molecule has 8 nitrogen and oxygen atoms in total. The lowest BCUT2D eigenvalue weighted by molar-refractivity contribution is -0.116. The molecule has 3 rings (SSSR count). The molecule has 1 aliphatic heterocycles. The molecule has 1 saturated heterocycles. The van der Waals surface area contributed by atoms with Crippen molar-refractivity contribution in [3.05, 3.63) is 54.4 Å². The molecule has 0 atom stereocenters. The van der Waals surface area contributed by atoms with Gasteiger partial charge in [0, 0.05) is 63.8 Å². The van der Waals surface area contributed by atoms with Gasteiger partial charge in [0.25, 0.3) is 0 Å². The molecule has 32 heavy (non-hydrogen) atoms. The second-order valence-corrected chi connectivity index (χ2v) is 7.50. The number of carbonyl (C=O) groups excluding carboxylic acids is 1. The molecule has 1 aromatic carbocycles. The Morgan fingerprint density at radius 2 is 1.88 bits per heavy atom. The molecule has 9 heteroatoms. The summed E-state index contributed by atoms with van der Waals surface area (Å²) in [6.45, 7) is 9.12. The average Bonchev–Trinajstić information content (AvgIpc) is 3.31. The smallest absolute Gasteiger partial charge is 0.225 e. The molecule has 0 spiro atoms. The Balaban J connectivity index is 0.00000363. The number of benzene rings is 1. The van der Waals surface area contributed by atoms with Gasteiger partial charge >= 0.3 is 0 Å². The molecule has 0 unspecified atom stereocenters. The van der Waals surface area contributed by atoms with E-state index in [-0.39, 0.29) is 29.9 Å². The van der Waals surface area contributed by atoms with Crippen LogP contribution in [-0.4, -0.2) is 67.3 Å². The van der Waals surface area contributed by atoms with Crippen LogP contribution in [0.3, 0.4) is 0 Å². The third-order valence-corrected chi connectivity index (χ3v) is 5.06. The zero-order chi connectivity index (χ0) is 21.7. The summed E-state index contributed by atoms with van der Waals surface area (Å²) in [7, 11) is 0. The van der Waals surface area contributed by atoms with Crippen molar-refractivity contribution in [2.45, 2.75) is 26.4 Å². The van der Waals surface area contributed by atoms with Gasteiger partial charge in [-0.05, 0) is 36.8 Å². The number of morpholine rings is 1. The predicted octanol–water partition coefficient (Wildman–Crippen LogP) is 2.52. The SMILES string of the molecule is CCNC(=NCc1cccc(NC(=O)CCN2CCOCC2)c1)NCCn1cccc1.I. The summed E-state index contributed by atoms with van der Waals surface area (Å²) in [5, 5.41) is 9.64. The van der Waals surface area contributed by atoms with Gasteiger partial charge in [-0.2, -0.15) is 0 Å². The number of amides is 1. The largest absolute Gasteiger partial charge is 0.379 e. The van der Waals surface area contributed by atoms with Crippen LogP contribution in [0.1, 0.15) is 18.9 Å². The standard InChI is InChI=1S/C23H34N6O2.HI/c1-2-24-23(25-9-13-28-10-3-4-11-28)26-19-20-6-5-7-21(18-20)27-22(30)8-12-29-14-16-31-17-15-29;/h3-7,10-11,18H,2,8-9,12-17,19H2,1H3,(H,27,30)(H2,24,25,26);1H. The molecule has 1 aromatic heterocycles. The van der Waals surface area contributed by atoms with E-state index in [4.69, 9.17) is 4.74 Å². The van der Waals surface area contributed by atoms with Crippen LogP contribution in [0, 0.1) is 0 Å². The minimum atomic E-state index is 0. The second-order valence-electron chi connectivity index (χ2n) is 7.50. The van der Waals surface area contributed by atoms with Gasteiger partial charge in [-0.15, -0.1) is 24.0 Å². The Labute approximate surface area is 207 Å². The zero-order valence-corrected chi connectivity index (χ0v) is 21.1. The van der Waals surface area contributed by atoms with Crippen LogP contribution in [-0.2, 0) is 22.6 Å². The number of nitrogens with one attached hydrogen (secondary N) is 3. The first kappa shape index (κ1) is 26.1. The molecule has 1 amide bonds. The van der Waals surface area contributed by atoms with Gasteiger partial charge in [-0.1, -0.05) is 12.1 Å². The summed E-state index contributed by atoms with van der Waals surface area (Å²) >= 11 is 0. The number of guanidine groups is 1. The molecule has 0 radical (unpaired) electrons. The summed E-state index contributed by atoms with van der Waals surface area (Å²) in [6.07, 6.45) is 4.58. The van der Waals surface area contributed by atoms with Crippen LogP contribution in [0.4, 0.5) is 5.69 Å². The van der Waals surface area contributed by atoms with E-state index in [0.29, 0.717) is 13.0 Å². The van der Waals surface area contributed by atoms with E-state index < -0.39 is 0 Å².